The van der Waals surface area contributed by atoms with Gasteiger partial charge in [-0.1, -0.05) is 29.4 Å². The second kappa shape index (κ2) is 6.12. The van der Waals surface area contributed by atoms with E-state index in [0.717, 1.165) is 16.7 Å². The molecule has 0 radical (unpaired) electrons. The highest BCUT2D eigenvalue weighted by Gasteiger charge is 2.12. The van der Waals surface area contributed by atoms with Crippen molar-refractivity contribution in [2.24, 2.45) is 0 Å². The van der Waals surface area contributed by atoms with Gasteiger partial charge in [0.25, 0.3) is 0 Å². The molecule has 0 aliphatic heterocycles. The zero-order valence-corrected chi connectivity index (χ0v) is 13.0. The minimum atomic E-state index is -0.239. The molecule has 0 aliphatic carbocycles. The standard InChI is InChI=1S/C18H17NO4/c1-3-22-17(21)8-12-4-6-13(7-5-12)14-9-15(20)18-11(2)19-23-16(18)10-14/h4-7,9-10,20H,3,8H2,1-2H3. The topological polar surface area (TPSA) is 72.6 Å². The first-order chi connectivity index (χ1) is 11.1. The quantitative estimate of drug-likeness (QED) is 0.745. The summed E-state index contributed by atoms with van der Waals surface area (Å²) < 4.78 is 10.2. The highest BCUT2D eigenvalue weighted by molar-refractivity contribution is 5.90. The lowest BCUT2D eigenvalue weighted by Gasteiger charge is -2.06. The third kappa shape index (κ3) is 3.04. The predicted molar refractivity (Wildman–Crippen MR) is 86.2 cm³/mol. The molecule has 2 aromatic carbocycles. The Kier molecular flexibility index (Phi) is 4.02. The van der Waals surface area contributed by atoms with Gasteiger partial charge in [0.05, 0.1) is 24.1 Å². The van der Waals surface area contributed by atoms with E-state index in [-0.39, 0.29) is 18.1 Å². The second-order valence-electron chi connectivity index (χ2n) is 5.32. The van der Waals surface area contributed by atoms with Gasteiger partial charge in [0.1, 0.15) is 5.75 Å². The van der Waals surface area contributed by atoms with Gasteiger partial charge in [-0.2, -0.15) is 0 Å². The summed E-state index contributed by atoms with van der Waals surface area (Å²) in [7, 11) is 0. The van der Waals surface area contributed by atoms with E-state index >= 15 is 0 Å². The summed E-state index contributed by atoms with van der Waals surface area (Å²) in [5.74, 6) is -0.0942. The fraction of sp³-hybridized carbons (Fsp3) is 0.222. The molecule has 5 nitrogen and oxygen atoms in total. The Bertz CT molecular complexity index is 849. The highest BCUT2D eigenvalue weighted by atomic mass is 16.5. The first-order valence-corrected chi connectivity index (χ1v) is 7.42. The predicted octanol–water partition coefficient (Wildman–Crippen LogP) is 3.61. The fourth-order valence-corrected chi connectivity index (χ4v) is 2.56. The first kappa shape index (κ1) is 15.1. The van der Waals surface area contributed by atoms with E-state index in [0.29, 0.717) is 23.3 Å². The Labute approximate surface area is 133 Å². The monoisotopic (exact) mass is 311 g/mol. The number of carbonyl (C=O) groups excluding carboxylic acids is 1. The molecule has 0 bridgehead atoms. The van der Waals surface area contributed by atoms with Crippen molar-refractivity contribution in [3.8, 4) is 16.9 Å². The molecule has 3 rings (SSSR count). The minimum Gasteiger partial charge on any atom is -0.507 e. The number of hydrogen-bond donors (Lipinski definition) is 1. The van der Waals surface area contributed by atoms with E-state index in [1.54, 1.807) is 19.9 Å². The SMILES string of the molecule is CCOC(=O)Cc1ccc(-c2cc(O)c3c(C)noc3c2)cc1. The molecule has 0 atom stereocenters. The Morgan fingerprint density at radius 2 is 1.96 bits per heavy atom. The van der Waals surface area contributed by atoms with Gasteiger partial charge in [0, 0.05) is 0 Å². The molecule has 1 aromatic heterocycles. The molecular weight excluding hydrogens is 294 g/mol. The second-order valence-corrected chi connectivity index (χ2v) is 5.32. The van der Waals surface area contributed by atoms with Crippen molar-refractivity contribution in [3.05, 3.63) is 47.7 Å². The summed E-state index contributed by atoms with van der Waals surface area (Å²) in [4.78, 5) is 11.5. The van der Waals surface area contributed by atoms with Crippen molar-refractivity contribution in [3.63, 3.8) is 0 Å². The average molecular weight is 311 g/mol. The fourth-order valence-electron chi connectivity index (χ4n) is 2.56. The van der Waals surface area contributed by atoms with E-state index in [4.69, 9.17) is 9.26 Å². The number of rotatable bonds is 4. The largest absolute Gasteiger partial charge is 0.507 e. The number of aromatic hydroxyl groups is 1. The number of aromatic nitrogens is 1. The lowest BCUT2D eigenvalue weighted by atomic mass is 10.0. The summed E-state index contributed by atoms with van der Waals surface area (Å²) in [5.41, 5.74) is 3.84. The molecule has 0 saturated heterocycles. The summed E-state index contributed by atoms with van der Waals surface area (Å²) in [6.45, 7) is 3.96. The van der Waals surface area contributed by atoms with Crippen LogP contribution in [-0.4, -0.2) is 22.8 Å². The molecule has 23 heavy (non-hydrogen) atoms. The van der Waals surface area contributed by atoms with E-state index in [1.165, 1.54) is 0 Å². The van der Waals surface area contributed by atoms with E-state index in [1.807, 2.05) is 30.3 Å². The maximum atomic E-state index is 11.5. The Morgan fingerprint density at radius 3 is 2.65 bits per heavy atom. The number of esters is 1. The van der Waals surface area contributed by atoms with E-state index in [2.05, 4.69) is 5.16 Å². The molecule has 0 aliphatic rings. The van der Waals surface area contributed by atoms with Crippen LogP contribution in [0.4, 0.5) is 0 Å². The molecule has 1 heterocycles. The highest BCUT2D eigenvalue weighted by Crippen LogP contribution is 2.33. The molecule has 5 heteroatoms. The van der Waals surface area contributed by atoms with Gasteiger partial charge in [-0.05, 0) is 42.7 Å². The van der Waals surface area contributed by atoms with Crippen LogP contribution in [0.15, 0.2) is 40.9 Å². The summed E-state index contributed by atoms with van der Waals surface area (Å²) in [6.07, 6.45) is 0.250. The number of ether oxygens (including phenoxy) is 1. The minimum absolute atomic E-state index is 0.145. The number of fused-ring (bicyclic) bond motifs is 1. The number of hydrogen-bond acceptors (Lipinski definition) is 5. The molecular formula is C18H17NO4. The number of benzene rings is 2. The van der Waals surface area contributed by atoms with Crippen LogP contribution < -0.4 is 0 Å². The van der Waals surface area contributed by atoms with E-state index in [9.17, 15) is 9.90 Å². The smallest absolute Gasteiger partial charge is 0.310 e. The number of phenols is 1. The van der Waals surface area contributed by atoms with Gasteiger partial charge in [-0.3, -0.25) is 4.79 Å². The van der Waals surface area contributed by atoms with Crippen molar-refractivity contribution in [2.45, 2.75) is 20.3 Å². The van der Waals surface area contributed by atoms with Crippen LogP contribution >= 0.6 is 0 Å². The van der Waals surface area contributed by atoms with Crippen LogP contribution in [-0.2, 0) is 16.0 Å². The third-order valence-electron chi connectivity index (χ3n) is 3.67. The zero-order chi connectivity index (χ0) is 16.4. The molecule has 0 saturated carbocycles. The number of nitrogens with zero attached hydrogens (tertiary/aromatic N) is 1. The molecule has 0 fully saturated rings. The van der Waals surface area contributed by atoms with Crippen molar-refractivity contribution in [1.29, 1.82) is 0 Å². The number of carbonyl (C=O) groups is 1. The van der Waals surface area contributed by atoms with Crippen molar-refractivity contribution in [2.75, 3.05) is 6.61 Å². The van der Waals surface area contributed by atoms with Crippen LogP contribution in [0.25, 0.3) is 22.1 Å². The zero-order valence-electron chi connectivity index (χ0n) is 13.0. The lowest BCUT2D eigenvalue weighted by Crippen LogP contribution is -2.07. The molecule has 0 amide bonds. The summed E-state index contributed by atoms with van der Waals surface area (Å²) in [5, 5.41) is 14.7. The normalized spacial score (nSPS) is 10.9. The molecule has 3 aromatic rings. The van der Waals surface area contributed by atoms with Crippen molar-refractivity contribution in [1.82, 2.24) is 5.16 Å². The number of phenolic OH excluding ortho intramolecular Hbond substituents is 1. The van der Waals surface area contributed by atoms with Crippen molar-refractivity contribution < 1.29 is 19.2 Å². The van der Waals surface area contributed by atoms with Crippen LogP contribution in [0.5, 0.6) is 5.75 Å². The third-order valence-corrected chi connectivity index (χ3v) is 3.67. The molecule has 0 unspecified atom stereocenters. The average Bonchev–Trinajstić information content (AvgIpc) is 2.90. The lowest BCUT2D eigenvalue weighted by molar-refractivity contribution is -0.142. The molecule has 118 valence electrons. The van der Waals surface area contributed by atoms with Gasteiger partial charge in [-0.15, -0.1) is 0 Å². The van der Waals surface area contributed by atoms with Gasteiger partial charge >= 0.3 is 5.97 Å². The van der Waals surface area contributed by atoms with Gasteiger partial charge in [0.15, 0.2) is 5.58 Å². The molecule has 1 N–H and O–H groups in total. The van der Waals surface area contributed by atoms with Crippen LogP contribution in [0, 0.1) is 6.92 Å². The maximum Gasteiger partial charge on any atom is 0.310 e. The first-order valence-electron chi connectivity index (χ1n) is 7.42. The summed E-state index contributed by atoms with van der Waals surface area (Å²) in [6, 6.07) is 11.1. The Morgan fingerprint density at radius 1 is 1.22 bits per heavy atom. The van der Waals surface area contributed by atoms with Crippen LogP contribution in [0.3, 0.4) is 0 Å². The maximum absolute atomic E-state index is 11.5. The van der Waals surface area contributed by atoms with Gasteiger partial charge in [-0.25, -0.2) is 0 Å². The van der Waals surface area contributed by atoms with Crippen molar-refractivity contribution >= 4 is 16.9 Å². The van der Waals surface area contributed by atoms with Gasteiger partial charge < -0.3 is 14.4 Å². The van der Waals surface area contributed by atoms with Crippen LogP contribution in [0.1, 0.15) is 18.2 Å². The van der Waals surface area contributed by atoms with Gasteiger partial charge in [0.2, 0.25) is 0 Å². The Hall–Kier alpha value is -2.82. The number of aryl methyl sites for hydroxylation is 1. The Balaban J connectivity index is 1.89. The molecule has 0 spiro atoms. The van der Waals surface area contributed by atoms with Crippen LogP contribution in [0.2, 0.25) is 0 Å². The summed E-state index contributed by atoms with van der Waals surface area (Å²) >= 11 is 0. The van der Waals surface area contributed by atoms with E-state index < -0.39 is 0 Å².